The number of carboxylic acid groups (broad SMARTS) is 1. The van der Waals surface area contributed by atoms with Gasteiger partial charge in [-0.25, -0.2) is 19.2 Å². The lowest BCUT2D eigenvalue weighted by molar-refractivity contribution is 0.0689. The highest BCUT2D eigenvalue weighted by Gasteiger charge is 2.21. The van der Waals surface area contributed by atoms with Crippen LogP contribution in [0.4, 0.5) is 10.2 Å². The Balaban J connectivity index is 1.33. The summed E-state index contributed by atoms with van der Waals surface area (Å²) in [4.78, 5) is 20.4. The molecular weight excluding hydrogens is 461 g/mol. The van der Waals surface area contributed by atoms with E-state index in [-0.39, 0.29) is 17.5 Å². The third-order valence-electron chi connectivity index (χ3n) is 6.70. The summed E-state index contributed by atoms with van der Waals surface area (Å²) in [6.07, 6.45) is 6.20. The van der Waals surface area contributed by atoms with Crippen LogP contribution in [0.3, 0.4) is 0 Å². The number of anilines is 1. The van der Waals surface area contributed by atoms with Crippen LogP contribution in [0.1, 0.15) is 52.9 Å². The predicted octanol–water partition coefficient (Wildman–Crippen LogP) is 6.32. The van der Waals surface area contributed by atoms with Gasteiger partial charge in [-0.3, -0.25) is 0 Å². The molecule has 0 spiro atoms. The van der Waals surface area contributed by atoms with Crippen molar-refractivity contribution in [2.45, 2.75) is 52.1 Å². The van der Waals surface area contributed by atoms with E-state index >= 15 is 0 Å². The lowest BCUT2D eigenvalue weighted by Crippen LogP contribution is -2.13. The summed E-state index contributed by atoms with van der Waals surface area (Å²) in [6.45, 7) is 4.29. The number of furan rings is 1. The first kappa shape index (κ1) is 23.8. The first-order valence-corrected chi connectivity index (χ1v) is 12.2. The van der Waals surface area contributed by atoms with E-state index in [1.807, 2.05) is 19.9 Å². The molecule has 0 amide bonds. The third kappa shape index (κ3) is 4.89. The van der Waals surface area contributed by atoms with Gasteiger partial charge in [-0.15, -0.1) is 0 Å². The fourth-order valence-corrected chi connectivity index (χ4v) is 4.87. The Bertz CT molecular complexity index is 1430. The average molecular weight is 490 g/mol. The molecule has 0 radical (unpaired) electrons. The monoisotopic (exact) mass is 489 g/mol. The first-order chi connectivity index (χ1) is 17.4. The van der Waals surface area contributed by atoms with Crippen molar-refractivity contribution < 1.29 is 23.4 Å². The summed E-state index contributed by atoms with van der Waals surface area (Å²) in [7, 11) is 0. The molecule has 0 saturated heterocycles. The number of rotatable bonds is 8. The predicted molar refractivity (Wildman–Crippen MR) is 135 cm³/mol. The Morgan fingerprint density at radius 2 is 1.97 bits per heavy atom. The maximum Gasteiger partial charge on any atom is 0.339 e. The Kier molecular flexibility index (Phi) is 6.59. The SMILES string of the molecule is Cc1oc2c(C)cc(F)cc2c1CCNc1cc(-c2ccc(C(=O)O)c(OC3CCCC3)c2)ncn1. The van der Waals surface area contributed by atoms with Gasteiger partial charge in [0.05, 0.1) is 11.8 Å². The second-order valence-electron chi connectivity index (χ2n) is 9.24. The number of benzene rings is 2. The van der Waals surface area contributed by atoms with Gasteiger partial charge in [0.2, 0.25) is 0 Å². The standard InChI is InChI=1S/C28H28FN3O4/c1-16-11-19(29)13-23-21(17(2)35-27(16)23)9-10-30-26-14-24(31-15-32-26)18-7-8-22(28(33)34)25(12-18)36-20-5-3-4-6-20/h7-8,11-15,20H,3-6,9-10H2,1-2H3,(H,33,34)(H,30,31,32). The van der Waals surface area contributed by atoms with Crippen LogP contribution < -0.4 is 10.1 Å². The normalized spacial score (nSPS) is 13.9. The van der Waals surface area contributed by atoms with Crippen LogP contribution in [0.25, 0.3) is 22.2 Å². The highest BCUT2D eigenvalue weighted by atomic mass is 19.1. The Hall–Kier alpha value is -3.94. The fourth-order valence-electron chi connectivity index (χ4n) is 4.87. The number of ether oxygens (including phenoxy) is 1. The zero-order valence-electron chi connectivity index (χ0n) is 20.3. The maximum atomic E-state index is 14.0. The smallest absolute Gasteiger partial charge is 0.339 e. The summed E-state index contributed by atoms with van der Waals surface area (Å²) in [5, 5.41) is 13.7. The van der Waals surface area contributed by atoms with Crippen molar-refractivity contribution in [2.75, 3.05) is 11.9 Å². The molecule has 1 fully saturated rings. The van der Waals surface area contributed by atoms with Gasteiger partial charge in [-0.1, -0.05) is 6.07 Å². The van der Waals surface area contributed by atoms with E-state index in [0.29, 0.717) is 35.8 Å². The molecule has 186 valence electrons. The topological polar surface area (TPSA) is 97.5 Å². The van der Waals surface area contributed by atoms with E-state index in [2.05, 4.69) is 15.3 Å². The van der Waals surface area contributed by atoms with Gasteiger partial charge >= 0.3 is 5.97 Å². The van der Waals surface area contributed by atoms with Crippen molar-refractivity contribution in [3.05, 3.63) is 71.0 Å². The molecular formula is C28H28FN3O4. The quantitative estimate of drug-likeness (QED) is 0.299. The molecule has 2 aromatic heterocycles. The molecule has 0 unspecified atom stereocenters. The van der Waals surface area contributed by atoms with Gasteiger partial charge in [0.25, 0.3) is 0 Å². The molecule has 0 atom stereocenters. The Morgan fingerprint density at radius 3 is 2.75 bits per heavy atom. The summed E-state index contributed by atoms with van der Waals surface area (Å²) < 4.78 is 25.9. The van der Waals surface area contributed by atoms with Crippen molar-refractivity contribution >= 4 is 22.8 Å². The van der Waals surface area contributed by atoms with Crippen molar-refractivity contribution in [3.63, 3.8) is 0 Å². The second kappa shape index (κ2) is 9.97. The van der Waals surface area contributed by atoms with E-state index in [0.717, 1.165) is 53.5 Å². The van der Waals surface area contributed by atoms with Crippen LogP contribution in [0.2, 0.25) is 0 Å². The Morgan fingerprint density at radius 1 is 1.17 bits per heavy atom. The van der Waals surface area contributed by atoms with E-state index in [9.17, 15) is 14.3 Å². The van der Waals surface area contributed by atoms with Crippen molar-refractivity contribution in [2.24, 2.45) is 0 Å². The fraction of sp³-hybridized carbons (Fsp3) is 0.321. The average Bonchev–Trinajstić information content (AvgIpc) is 3.47. The highest BCUT2D eigenvalue weighted by Crippen LogP contribution is 2.32. The van der Waals surface area contributed by atoms with Gasteiger partial charge in [0.15, 0.2) is 0 Å². The third-order valence-corrected chi connectivity index (χ3v) is 6.70. The van der Waals surface area contributed by atoms with E-state index < -0.39 is 5.97 Å². The molecule has 5 rings (SSSR count). The second-order valence-corrected chi connectivity index (χ2v) is 9.24. The van der Waals surface area contributed by atoms with Crippen LogP contribution in [0.15, 0.2) is 47.1 Å². The molecule has 7 nitrogen and oxygen atoms in total. The zero-order chi connectivity index (χ0) is 25.2. The number of aryl methyl sites for hydroxylation is 2. The summed E-state index contributed by atoms with van der Waals surface area (Å²) in [5.74, 6) is 0.479. The number of halogens is 1. The minimum absolute atomic E-state index is 0.0423. The number of nitrogens with one attached hydrogen (secondary N) is 1. The van der Waals surface area contributed by atoms with E-state index in [1.54, 1.807) is 18.2 Å². The summed E-state index contributed by atoms with van der Waals surface area (Å²) in [5.41, 5.74) is 4.01. The molecule has 0 aliphatic heterocycles. The van der Waals surface area contributed by atoms with Crippen LogP contribution in [0.5, 0.6) is 5.75 Å². The van der Waals surface area contributed by atoms with Crippen molar-refractivity contribution in [1.29, 1.82) is 0 Å². The Labute approximate surface area is 208 Å². The number of hydrogen-bond acceptors (Lipinski definition) is 6. The van der Waals surface area contributed by atoms with Crippen LogP contribution in [0, 0.1) is 19.7 Å². The number of aromatic carboxylic acids is 1. The first-order valence-electron chi connectivity index (χ1n) is 12.2. The van der Waals surface area contributed by atoms with Gasteiger partial charge in [-0.2, -0.15) is 0 Å². The lowest BCUT2D eigenvalue weighted by atomic mass is 10.1. The molecule has 1 aliphatic rings. The summed E-state index contributed by atoms with van der Waals surface area (Å²) in [6, 6.07) is 9.84. The number of carboxylic acids is 1. The van der Waals surface area contributed by atoms with Crippen molar-refractivity contribution in [1.82, 2.24) is 9.97 Å². The van der Waals surface area contributed by atoms with Gasteiger partial charge in [0.1, 0.15) is 40.6 Å². The molecule has 0 bridgehead atoms. The lowest BCUT2D eigenvalue weighted by Gasteiger charge is -2.16. The molecule has 1 saturated carbocycles. The van der Waals surface area contributed by atoms with Gasteiger partial charge in [0, 0.05) is 29.1 Å². The number of aromatic nitrogens is 2. The van der Waals surface area contributed by atoms with Crippen molar-refractivity contribution in [3.8, 4) is 17.0 Å². The minimum atomic E-state index is -1.02. The number of carbonyl (C=O) groups is 1. The molecule has 4 aromatic rings. The largest absolute Gasteiger partial charge is 0.490 e. The highest BCUT2D eigenvalue weighted by molar-refractivity contribution is 5.92. The summed E-state index contributed by atoms with van der Waals surface area (Å²) >= 11 is 0. The maximum absolute atomic E-state index is 14.0. The minimum Gasteiger partial charge on any atom is -0.490 e. The molecule has 36 heavy (non-hydrogen) atoms. The van der Waals surface area contributed by atoms with Crippen LogP contribution >= 0.6 is 0 Å². The van der Waals surface area contributed by atoms with Gasteiger partial charge in [-0.05, 0) is 75.8 Å². The molecule has 2 heterocycles. The van der Waals surface area contributed by atoms with E-state index in [4.69, 9.17) is 9.15 Å². The number of hydrogen-bond donors (Lipinski definition) is 2. The number of fused-ring (bicyclic) bond motifs is 1. The van der Waals surface area contributed by atoms with Crippen LogP contribution in [-0.2, 0) is 6.42 Å². The zero-order valence-corrected chi connectivity index (χ0v) is 20.3. The number of nitrogens with zero attached hydrogens (tertiary/aromatic N) is 2. The molecule has 2 N–H and O–H groups in total. The van der Waals surface area contributed by atoms with Gasteiger partial charge < -0.3 is 19.6 Å². The van der Waals surface area contributed by atoms with Crippen LogP contribution in [-0.4, -0.2) is 33.7 Å². The van der Waals surface area contributed by atoms with E-state index in [1.165, 1.54) is 18.5 Å². The molecule has 1 aliphatic carbocycles. The molecule has 2 aromatic carbocycles. The molecule has 8 heteroatoms.